The Morgan fingerprint density at radius 2 is 2.16 bits per heavy atom. The van der Waals surface area contributed by atoms with Crippen molar-refractivity contribution in [1.82, 2.24) is 4.90 Å². The van der Waals surface area contributed by atoms with Gasteiger partial charge in [-0.25, -0.2) is 0 Å². The maximum atomic E-state index is 12.2. The van der Waals surface area contributed by atoms with Crippen LogP contribution in [0.25, 0.3) is 0 Å². The summed E-state index contributed by atoms with van der Waals surface area (Å²) < 4.78 is 0. The molecule has 1 aromatic rings. The number of amides is 1. The van der Waals surface area contributed by atoms with E-state index in [9.17, 15) is 9.90 Å². The molecule has 1 amide bonds. The van der Waals surface area contributed by atoms with Crippen LogP contribution < -0.4 is 5.73 Å². The van der Waals surface area contributed by atoms with Crippen molar-refractivity contribution in [3.8, 4) is 5.75 Å². The van der Waals surface area contributed by atoms with Gasteiger partial charge in [0.25, 0.3) is 5.91 Å². The first-order chi connectivity index (χ1) is 8.86. The van der Waals surface area contributed by atoms with Crippen molar-refractivity contribution in [1.29, 1.82) is 0 Å². The van der Waals surface area contributed by atoms with E-state index in [1.54, 1.807) is 27.0 Å². The number of carbonyl (C=O) groups excluding carboxylic acids is 1. The second-order valence-electron chi connectivity index (χ2n) is 4.61. The fourth-order valence-electron chi connectivity index (χ4n) is 1.78. The maximum absolute atomic E-state index is 12.2. The van der Waals surface area contributed by atoms with Crippen molar-refractivity contribution in [2.45, 2.75) is 13.8 Å². The fourth-order valence-corrected chi connectivity index (χ4v) is 1.78. The first kappa shape index (κ1) is 14.8. The number of hydrogen-bond donors (Lipinski definition) is 3. The number of carbonyl (C=O) groups is 1. The van der Waals surface area contributed by atoms with E-state index >= 15 is 0 Å². The number of aryl methyl sites for hydroxylation is 1. The van der Waals surface area contributed by atoms with Crippen LogP contribution in [0.5, 0.6) is 5.75 Å². The Kier molecular flexibility index (Phi) is 4.74. The zero-order valence-corrected chi connectivity index (χ0v) is 11.3. The van der Waals surface area contributed by atoms with Crippen molar-refractivity contribution in [3.05, 3.63) is 29.3 Å². The van der Waals surface area contributed by atoms with Gasteiger partial charge in [-0.1, -0.05) is 12.1 Å². The Labute approximate surface area is 112 Å². The minimum absolute atomic E-state index is 0.0853. The van der Waals surface area contributed by atoms with Crippen molar-refractivity contribution >= 4 is 11.7 Å². The number of oxime groups is 1. The molecule has 0 radical (unpaired) electrons. The number of nitrogens with two attached hydrogens (primary N) is 1. The second kappa shape index (κ2) is 6.08. The molecule has 0 fully saturated rings. The molecule has 0 saturated carbocycles. The summed E-state index contributed by atoms with van der Waals surface area (Å²) in [5, 5.41) is 20.8. The van der Waals surface area contributed by atoms with Gasteiger partial charge in [0.05, 0.1) is 0 Å². The molecule has 19 heavy (non-hydrogen) atoms. The van der Waals surface area contributed by atoms with Crippen molar-refractivity contribution < 1.29 is 15.1 Å². The molecule has 4 N–H and O–H groups in total. The van der Waals surface area contributed by atoms with Crippen molar-refractivity contribution in [3.63, 3.8) is 0 Å². The minimum Gasteiger partial charge on any atom is -0.508 e. The van der Waals surface area contributed by atoms with E-state index < -0.39 is 0 Å². The molecule has 0 aliphatic heterocycles. The third-order valence-electron chi connectivity index (χ3n) is 2.96. The molecular weight excluding hydrogens is 246 g/mol. The van der Waals surface area contributed by atoms with Crippen LogP contribution in [0.3, 0.4) is 0 Å². The van der Waals surface area contributed by atoms with Crippen LogP contribution >= 0.6 is 0 Å². The number of hydrogen-bond acceptors (Lipinski definition) is 4. The van der Waals surface area contributed by atoms with Crippen molar-refractivity contribution in [2.24, 2.45) is 16.8 Å². The van der Waals surface area contributed by atoms with Gasteiger partial charge in [-0.2, -0.15) is 0 Å². The molecule has 0 spiro atoms. The summed E-state index contributed by atoms with van der Waals surface area (Å²) in [4.78, 5) is 13.7. The zero-order chi connectivity index (χ0) is 14.6. The predicted molar refractivity (Wildman–Crippen MR) is 72.4 cm³/mol. The predicted octanol–water partition coefficient (Wildman–Crippen LogP) is 1.16. The first-order valence-electron chi connectivity index (χ1n) is 5.89. The number of phenolic OH excluding ortho intramolecular Hbond substituents is 1. The Hall–Kier alpha value is -2.24. The third-order valence-corrected chi connectivity index (χ3v) is 2.96. The van der Waals surface area contributed by atoms with E-state index in [-0.39, 0.29) is 23.4 Å². The summed E-state index contributed by atoms with van der Waals surface area (Å²) in [5.41, 5.74) is 6.70. The van der Waals surface area contributed by atoms with Crippen LogP contribution in [-0.4, -0.2) is 40.5 Å². The highest BCUT2D eigenvalue weighted by molar-refractivity contribution is 5.96. The quantitative estimate of drug-likeness (QED) is 0.329. The molecule has 104 valence electrons. The van der Waals surface area contributed by atoms with Gasteiger partial charge in [-0.05, 0) is 30.7 Å². The number of nitrogens with zero attached hydrogens (tertiary/aromatic N) is 2. The highest BCUT2D eigenvalue weighted by Gasteiger charge is 2.18. The lowest BCUT2D eigenvalue weighted by molar-refractivity contribution is 0.0785. The van der Waals surface area contributed by atoms with Crippen LogP contribution in [0, 0.1) is 12.8 Å². The van der Waals surface area contributed by atoms with Crippen LogP contribution in [0.1, 0.15) is 22.8 Å². The zero-order valence-electron chi connectivity index (χ0n) is 11.3. The largest absolute Gasteiger partial charge is 0.508 e. The summed E-state index contributed by atoms with van der Waals surface area (Å²) >= 11 is 0. The number of rotatable bonds is 4. The molecule has 6 nitrogen and oxygen atoms in total. The molecule has 0 aromatic heterocycles. The van der Waals surface area contributed by atoms with E-state index in [0.717, 1.165) is 0 Å². The average Bonchev–Trinajstić information content (AvgIpc) is 2.36. The molecule has 0 aliphatic carbocycles. The highest BCUT2D eigenvalue weighted by atomic mass is 16.4. The summed E-state index contributed by atoms with van der Waals surface area (Å²) in [6.45, 7) is 3.87. The molecule has 6 heteroatoms. The molecule has 0 bridgehead atoms. The highest BCUT2D eigenvalue weighted by Crippen LogP contribution is 2.17. The van der Waals surface area contributed by atoms with E-state index in [2.05, 4.69) is 5.16 Å². The molecule has 0 aliphatic rings. The Morgan fingerprint density at radius 1 is 1.53 bits per heavy atom. The topological polar surface area (TPSA) is 99.2 Å². The van der Waals surface area contributed by atoms with Gasteiger partial charge in [0.1, 0.15) is 11.6 Å². The van der Waals surface area contributed by atoms with E-state index in [1.165, 1.54) is 17.0 Å². The van der Waals surface area contributed by atoms with E-state index in [4.69, 9.17) is 10.9 Å². The lowest BCUT2D eigenvalue weighted by atomic mass is 10.1. The van der Waals surface area contributed by atoms with Gasteiger partial charge in [-0.3, -0.25) is 4.79 Å². The molecule has 1 atom stereocenters. The maximum Gasteiger partial charge on any atom is 0.253 e. The van der Waals surface area contributed by atoms with Gasteiger partial charge in [0.15, 0.2) is 0 Å². The lowest BCUT2D eigenvalue weighted by Gasteiger charge is -2.21. The van der Waals surface area contributed by atoms with E-state index in [1.807, 2.05) is 0 Å². The minimum atomic E-state index is -0.239. The van der Waals surface area contributed by atoms with Gasteiger partial charge >= 0.3 is 0 Å². The molecule has 0 saturated heterocycles. The summed E-state index contributed by atoms with van der Waals surface area (Å²) in [5.74, 6) is -0.199. The monoisotopic (exact) mass is 265 g/mol. The smallest absolute Gasteiger partial charge is 0.253 e. The first-order valence-corrected chi connectivity index (χ1v) is 5.89. The third kappa shape index (κ3) is 3.61. The van der Waals surface area contributed by atoms with Gasteiger partial charge in [0, 0.05) is 25.1 Å². The molecule has 1 unspecified atom stereocenters. The number of aromatic hydroxyl groups is 1. The van der Waals surface area contributed by atoms with Gasteiger partial charge in [0.2, 0.25) is 0 Å². The number of phenols is 1. The summed E-state index contributed by atoms with van der Waals surface area (Å²) in [6.07, 6.45) is 0. The SMILES string of the molecule is Cc1cc(O)ccc1C(=O)N(C)CC(C)/C(N)=N/O. The van der Waals surface area contributed by atoms with Crippen LogP contribution in [0.15, 0.2) is 23.4 Å². The summed E-state index contributed by atoms with van der Waals surface area (Å²) in [6, 6.07) is 4.59. The molecule has 1 rings (SSSR count). The average molecular weight is 265 g/mol. The van der Waals surface area contributed by atoms with Gasteiger partial charge in [-0.15, -0.1) is 0 Å². The lowest BCUT2D eigenvalue weighted by Crippen LogP contribution is -2.36. The number of benzene rings is 1. The van der Waals surface area contributed by atoms with Crippen LogP contribution in [-0.2, 0) is 0 Å². The number of amidine groups is 1. The Bertz CT molecular complexity index is 500. The van der Waals surface area contributed by atoms with Gasteiger partial charge < -0.3 is 20.9 Å². The van der Waals surface area contributed by atoms with Crippen molar-refractivity contribution in [2.75, 3.05) is 13.6 Å². The standard InChI is InChI=1S/C13H19N3O3/c1-8-6-10(17)4-5-11(8)13(18)16(3)7-9(2)12(14)15-19/h4-6,9,17,19H,7H2,1-3H3,(H2,14,15). The normalized spacial score (nSPS) is 13.1. The second-order valence-corrected chi connectivity index (χ2v) is 4.61. The molecular formula is C13H19N3O3. The summed E-state index contributed by atoms with van der Waals surface area (Å²) in [7, 11) is 1.65. The van der Waals surface area contributed by atoms with E-state index in [0.29, 0.717) is 17.7 Å². The molecule has 0 heterocycles. The Balaban J connectivity index is 2.82. The Morgan fingerprint density at radius 3 is 2.68 bits per heavy atom. The fraction of sp³-hybridized carbons (Fsp3) is 0.385. The van der Waals surface area contributed by atoms with Crippen LogP contribution in [0.4, 0.5) is 0 Å². The van der Waals surface area contributed by atoms with Crippen LogP contribution in [0.2, 0.25) is 0 Å². The molecule has 1 aromatic carbocycles.